The summed E-state index contributed by atoms with van der Waals surface area (Å²) in [5, 5.41) is 0. The molecule has 0 spiro atoms. The zero-order chi connectivity index (χ0) is 15.6. The van der Waals surface area contributed by atoms with Crippen LogP contribution in [0.1, 0.15) is 37.3 Å². The van der Waals surface area contributed by atoms with Crippen LogP contribution >= 0.6 is 0 Å². The van der Waals surface area contributed by atoms with Gasteiger partial charge < -0.3 is 14.5 Å². The summed E-state index contributed by atoms with van der Waals surface area (Å²) in [7, 11) is 0. The highest BCUT2D eigenvalue weighted by molar-refractivity contribution is 5.80. The van der Waals surface area contributed by atoms with Gasteiger partial charge in [-0.25, -0.2) is 9.97 Å². The molecule has 1 aromatic rings. The summed E-state index contributed by atoms with van der Waals surface area (Å²) in [6.45, 7) is 4.47. The number of rotatable bonds is 3. The van der Waals surface area contributed by atoms with E-state index in [1.54, 1.807) is 6.33 Å². The van der Waals surface area contributed by atoms with Gasteiger partial charge >= 0.3 is 0 Å². The lowest BCUT2D eigenvalue weighted by molar-refractivity contribution is -0.138. The number of carbonyl (C=O) groups is 1. The first-order valence-corrected chi connectivity index (χ1v) is 8.74. The third kappa shape index (κ3) is 3.04. The Kier molecular flexibility index (Phi) is 4.16. The third-order valence-electron chi connectivity index (χ3n) is 5.38. The molecule has 3 aliphatic rings. The molecule has 2 aliphatic heterocycles. The number of morpholine rings is 1. The van der Waals surface area contributed by atoms with Crippen molar-refractivity contribution in [2.45, 2.75) is 31.6 Å². The molecule has 2 saturated heterocycles. The van der Waals surface area contributed by atoms with Gasteiger partial charge in [-0.15, -0.1) is 0 Å². The highest BCUT2D eigenvalue weighted by atomic mass is 16.5. The van der Waals surface area contributed by atoms with Crippen molar-refractivity contribution in [3.05, 3.63) is 18.1 Å². The summed E-state index contributed by atoms with van der Waals surface area (Å²) < 4.78 is 5.33. The Morgan fingerprint density at radius 3 is 2.70 bits per heavy atom. The van der Waals surface area contributed by atoms with Crippen LogP contribution in [-0.4, -0.2) is 60.2 Å². The molecule has 3 heterocycles. The van der Waals surface area contributed by atoms with E-state index in [9.17, 15) is 4.79 Å². The molecule has 1 aromatic heterocycles. The maximum absolute atomic E-state index is 12.6. The summed E-state index contributed by atoms with van der Waals surface area (Å²) in [5.74, 6) is 1.98. The molecule has 1 aliphatic carbocycles. The van der Waals surface area contributed by atoms with Gasteiger partial charge in [0.1, 0.15) is 12.1 Å². The molecule has 23 heavy (non-hydrogen) atoms. The Labute approximate surface area is 136 Å². The minimum atomic E-state index is 0.0928. The molecule has 6 heteroatoms. The second-order valence-corrected chi connectivity index (χ2v) is 6.80. The first kappa shape index (κ1) is 14.9. The molecule has 1 atom stereocenters. The van der Waals surface area contributed by atoms with Crippen molar-refractivity contribution >= 4 is 11.7 Å². The summed E-state index contributed by atoms with van der Waals surface area (Å²) >= 11 is 0. The number of hydrogen-bond acceptors (Lipinski definition) is 5. The molecule has 0 bridgehead atoms. The van der Waals surface area contributed by atoms with E-state index in [2.05, 4.69) is 20.9 Å². The van der Waals surface area contributed by atoms with E-state index < -0.39 is 0 Å². The Hall–Kier alpha value is -1.69. The predicted molar refractivity (Wildman–Crippen MR) is 86.3 cm³/mol. The smallest absolute Gasteiger partial charge is 0.227 e. The normalized spacial score (nSPS) is 25.5. The SMILES string of the molecule is O=C(C1CCN(c2cc(C3CCC3)ncn2)C1)N1CCOCC1. The van der Waals surface area contributed by atoms with Gasteiger partial charge in [-0.1, -0.05) is 6.42 Å². The second-order valence-electron chi connectivity index (χ2n) is 6.80. The van der Waals surface area contributed by atoms with Crippen LogP contribution in [0.15, 0.2) is 12.4 Å². The zero-order valence-corrected chi connectivity index (χ0v) is 13.5. The van der Waals surface area contributed by atoms with Crippen molar-refractivity contribution in [2.24, 2.45) is 5.92 Å². The van der Waals surface area contributed by atoms with Gasteiger partial charge in [-0.3, -0.25) is 4.79 Å². The van der Waals surface area contributed by atoms with Crippen LogP contribution in [0.4, 0.5) is 5.82 Å². The van der Waals surface area contributed by atoms with Gasteiger partial charge in [0.05, 0.1) is 19.1 Å². The Balaban J connectivity index is 1.40. The maximum atomic E-state index is 12.6. The number of ether oxygens (including phenoxy) is 1. The molecule has 4 rings (SSSR count). The number of nitrogens with zero attached hydrogens (tertiary/aromatic N) is 4. The molecule has 0 aromatic carbocycles. The average molecular weight is 316 g/mol. The van der Waals surface area contributed by atoms with E-state index in [0.29, 0.717) is 19.1 Å². The van der Waals surface area contributed by atoms with E-state index >= 15 is 0 Å². The molecule has 0 N–H and O–H groups in total. The lowest BCUT2D eigenvalue weighted by Gasteiger charge is -2.29. The van der Waals surface area contributed by atoms with E-state index in [4.69, 9.17) is 4.74 Å². The van der Waals surface area contributed by atoms with Gasteiger partial charge in [0.2, 0.25) is 5.91 Å². The van der Waals surface area contributed by atoms with Crippen molar-refractivity contribution in [3.63, 3.8) is 0 Å². The number of aromatic nitrogens is 2. The number of carbonyl (C=O) groups excluding carboxylic acids is 1. The van der Waals surface area contributed by atoms with Crippen molar-refractivity contribution in [3.8, 4) is 0 Å². The molecule has 6 nitrogen and oxygen atoms in total. The van der Waals surface area contributed by atoms with Crippen molar-refractivity contribution in [1.29, 1.82) is 0 Å². The summed E-state index contributed by atoms with van der Waals surface area (Å²) in [6.07, 6.45) is 6.39. The van der Waals surface area contributed by atoms with Crippen molar-refractivity contribution in [1.82, 2.24) is 14.9 Å². The summed E-state index contributed by atoms with van der Waals surface area (Å²) in [4.78, 5) is 25.7. The quantitative estimate of drug-likeness (QED) is 0.844. The highest BCUT2D eigenvalue weighted by Crippen LogP contribution is 2.36. The van der Waals surface area contributed by atoms with E-state index in [0.717, 1.165) is 38.4 Å². The van der Waals surface area contributed by atoms with Crippen molar-refractivity contribution in [2.75, 3.05) is 44.3 Å². The van der Waals surface area contributed by atoms with Gasteiger partial charge in [0.15, 0.2) is 0 Å². The Morgan fingerprint density at radius 2 is 1.96 bits per heavy atom. The number of hydrogen-bond donors (Lipinski definition) is 0. The molecule has 124 valence electrons. The molecule has 0 radical (unpaired) electrons. The number of amides is 1. The number of anilines is 1. The summed E-state index contributed by atoms with van der Waals surface area (Å²) in [5.41, 5.74) is 1.17. The van der Waals surface area contributed by atoms with E-state index in [-0.39, 0.29) is 11.8 Å². The molecule has 3 fully saturated rings. The highest BCUT2D eigenvalue weighted by Gasteiger charge is 2.33. The van der Waals surface area contributed by atoms with Crippen LogP contribution in [0.2, 0.25) is 0 Å². The molecular formula is C17H24N4O2. The maximum Gasteiger partial charge on any atom is 0.227 e. The fourth-order valence-corrected chi connectivity index (χ4v) is 3.67. The third-order valence-corrected chi connectivity index (χ3v) is 5.38. The van der Waals surface area contributed by atoms with Gasteiger partial charge in [-0.2, -0.15) is 0 Å². The molecule has 1 saturated carbocycles. The monoisotopic (exact) mass is 316 g/mol. The van der Waals surface area contributed by atoms with Gasteiger partial charge in [-0.05, 0) is 19.3 Å². The van der Waals surface area contributed by atoms with Crippen LogP contribution in [0.25, 0.3) is 0 Å². The van der Waals surface area contributed by atoms with Crippen LogP contribution in [0.3, 0.4) is 0 Å². The van der Waals surface area contributed by atoms with Crippen LogP contribution < -0.4 is 4.90 Å². The first-order valence-electron chi connectivity index (χ1n) is 8.74. The lowest BCUT2D eigenvalue weighted by atomic mass is 9.83. The van der Waals surface area contributed by atoms with Gasteiger partial charge in [0.25, 0.3) is 0 Å². The van der Waals surface area contributed by atoms with Gasteiger partial charge in [0, 0.05) is 43.9 Å². The Morgan fingerprint density at radius 1 is 1.13 bits per heavy atom. The van der Waals surface area contributed by atoms with Crippen molar-refractivity contribution < 1.29 is 9.53 Å². The average Bonchev–Trinajstić information content (AvgIpc) is 3.04. The Bertz CT molecular complexity index is 569. The topological polar surface area (TPSA) is 58.6 Å². The minimum absolute atomic E-state index is 0.0928. The van der Waals surface area contributed by atoms with Crippen LogP contribution in [0, 0.1) is 5.92 Å². The zero-order valence-electron chi connectivity index (χ0n) is 13.5. The fourth-order valence-electron chi connectivity index (χ4n) is 3.67. The molecule has 1 unspecified atom stereocenters. The molecular weight excluding hydrogens is 292 g/mol. The molecule has 1 amide bonds. The first-order chi connectivity index (χ1) is 11.3. The standard InChI is InChI=1S/C17H24N4O2/c22-17(20-6-8-23-9-7-20)14-4-5-21(11-14)16-10-15(18-12-19-16)13-2-1-3-13/h10,12-14H,1-9,11H2. The predicted octanol–water partition coefficient (Wildman–Crippen LogP) is 1.43. The fraction of sp³-hybridized carbons (Fsp3) is 0.706. The minimum Gasteiger partial charge on any atom is -0.378 e. The van der Waals surface area contributed by atoms with Crippen LogP contribution in [-0.2, 0) is 9.53 Å². The van der Waals surface area contributed by atoms with Crippen LogP contribution in [0.5, 0.6) is 0 Å². The second kappa shape index (κ2) is 6.43. The summed E-state index contributed by atoms with van der Waals surface area (Å²) in [6, 6.07) is 2.13. The lowest BCUT2D eigenvalue weighted by Crippen LogP contribution is -2.44. The van der Waals surface area contributed by atoms with E-state index in [1.165, 1.54) is 25.0 Å². The largest absolute Gasteiger partial charge is 0.378 e. The van der Waals surface area contributed by atoms with E-state index in [1.807, 2.05) is 4.90 Å².